The predicted octanol–water partition coefficient (Wildman–Crippen LogP) is 1.58. The standard InChI is InChI=1S/C20H19N3O/c24-20-17-14-23(13-15-7-3-1-4-8-15)12-11-18(17)21-19(22-20)16-9-5-2-6-10-16/h1-10H,11-14H2,(H,21,22,24)/p+1. The molecular weight excluding hydrogens is 298 g/mol. The van der Waals surface area contributed by atoms with E-state index in [0.29, 0.717) is 5.82 Å². The number of nitrogens with zero attached hydrogens (tertiary/aromatic N) is 1. The molecule has 1 atom stereocenters. The lowest BCUT2D eigenvalue weighted by Crippen LogP contribution is -3.10. The summed E-state index contributed by atoms with van der Waals surface area (Å²) in [5, 5.41) is 0. The fraction of sp³-hybridized carbons (Fsp3) is 0.200. The van der Waals surface area contributed by atoms with Crippen LogP contribution in [0.4, 0.5) is 0 Å². The summed E-state index contributed by atoms with van der Waals surface area (Å²) in [6.45, 7) is 2.69. The monoisotopic (exact) mass is 318 g/mol. The minimum Gasteiger partial charge on any atom is -0.327 e. The van der Waals surface area contributed by atoms with Crippen LogP contribution < -0.4 is 10.5 Å². The van der Waals surface area contributed by atoms with Crippen molar-refractivity contribution >= 4 is 0 Å². The molecule has 24 heavy (non-hydrogen) atoms. The molecule has 4 rings (SSSR count). The average molecular weight is 318 g/mol. The number of rotatable bonds is 3. The second kappa shape index (κ2) is 6.42. The molecule has 3 aromatic rings. The summed E-state index contributed by atoms with van der Waals surface area (Å²) in [5.74, 6) is 0.672. The smallest absolute Gasteiger partial charge is 0.260 e. The first-order valence-corrected chi connectivity index (χ1v) is 8.34. The number of hydrogen-bond donors (Lipinski definition) is 2. The molecule has 0 aliphatic carbocycles. The Balaban J connectivity index is 1.60. The van der Waals surface area contributed by atoms with Crippen molar-refractivity contribution in [2.45, 2.75) is 19.5 Å². The van der Waals surface area contributed by atoms with Gasteiger partial charge in [0.2, 0.25) is 0 Å². The molecule has 0 bridgehead atoms. The molecule has 1 unspecified atom stereocenters. The van der Waals surface area contributed by atoms with Crippen molar-refractivity contribution in [1.82, 2.24) is 9.97 Å². The van der Waals surface area contributed by atoms with E-state index in [2.05, 4.69) is 29.2 Å². The maximum Gasteiger partial charge on any atom is 0.260 e. The van der Waals surface area contributed by atoms with Gasteiger partial charge < -0.3 is 9.88 Å². The molecule has 120 valence electrons. The Morgan fingerprint density at radius 2 is 1.71 bits per heavy atom. The highest BCUT2D eigenvalue weighted by Crippen LogP contribution is 2.15. The van der Waals surface area contributed by atoms with E-state index in [1.807, 2.05) is 36.4 Å². The summed E-state index contributed by atoms with van der Waals surface area (Å²) >= 11 is 0. The van der Waals surface area contributed by atoms with Crippen LogP contribution in [0.3, 0.4) is 0 Å². The number of H-pyrrole nitrogens is 1. The molecule has 2 heterocycles. The van der Waals surface area contributed by atoms with Gasteiger partial charge in [-0.1, -0.05) is 60.7 Å². The van der Waals surface area contributed by atoms with Gasteiger partial charge in [0, 0.05) is 17.5 Å². The van der Waals surface area contributed by atoms with Gasteiger partial charge in [0.25, 0.3) is 5.56 Å². The molecule has 1 aliphatic heterocycles. The maximum absolute atomic E-state index is 12.5. The van der Waals surface area contributed by atoms with Crippen LogP contribution in [0.5, 0.6) is 0 Å². The van der Waals surface area contributed by atoms with Crippen molar-refractivity contribution in [3.63, 3.8) is 0 Å². The molecule has 1 aliphatic rings. The highest BCUT2D eigenvalue weighted by molar-refractivity contribution is 5.54. The highest BCUT2D eigenvalue weighted by Gasteiger charge is 2.24. The lowest BCUT2D eigenvalue weighted by molar-refractivity contribution is -0.929. The normalized spacial score (nSPS) is 16.6. The fourth-order valence-electron chi connectivity index (χ4n) is 3.34. The zero-order valence-electron chi connectivity index (χ0n) is 13.5. The summed E-state index contributed by atoms with van der Waals surface area (Å²) in [5.41, 5.74) is 4.06. The molecule has 0 amide bonds. The first-order valence-electron chi connectivity index (χ1n) is 8.34. The van der Waals surface area contributed by atoms with Crippen molar-refractivity contribution in [1.29, 1.82) is 0 Å². The average Bonchev–Trinajstić information content (AvgIpc) is 2.64. The van der Waals surface area contributed by atoms with E-state index in [1.165, 1.54) is 10.5 Å². The Labute approximate surface area is 140 Å². The molecule has 0 saturated carbocycles. The summed E-state index contributed by atoms with van der Waals surface area (Å²) in [7, 11) is 0. The number of quaternary nitrogens is 1. The number of aromatic nitrogens is 2. The largest absolute Gasteiger partial charge is 0.327 e. The summed E-state index contributed by atoms with van der Waals surface area (Å²) in [4.78, 5) is 21.6. The summed E-state index contributed by atoms with van der Waals surface area (Å²) < 4.78 is 0. The molecule has 0 radical (unpaired) electrons. The van der Waals surface area contributed by atoms with Crippen LogP contribution in [0.25, 0.3) is 11.4 Å². The van der Waals surface area contributed by atoms with Crippen molar-refractivity contribution in [2.24, 2.45) is 0 Å². The number of aromatic amines is 1. The number of benzene rings is 2. The van der Waals surface area contributed by atoms with Crippen LogP contribution >= 0.6 is 0 Å². The molecule has 2 aromatic carbocycles. The molecule has 2 N–H and O–H groups in total. The Morgan fingerprint density at radius 3 is 2.46 bits per heavy atom. The number of hydrogen-bond acceptors (Lipinski definition) is 2. The number of nitrogens with one attached hydrogen (secondary N) is 2. The molecule has 4 nitrogen and oxygen atoms in total. The van der Waals surface area contributed by atoms with Crippen LogP contribution in [-0.4, -0.2) is 16.5 Å². The second-order valence-electron chi connectivity index (χ2n) is 6.29. The van der Waals surface area contributed by atoms with Gasteiger partial charge in [-0.3, -0.25) is 4.79 Å². The third-order valence-corrected chi connectivity index (χ3v) is 4.59. The molecule has 4 heteroatoms. The Hall–Kier alpha value is -2.72. The molecular formula is C20H20N3O+. The minimum absolute atomic E-state index is 0.00381. The van der Waals surface area contributed by atoms with E-state index < -0.39 is 0 Å². The van der Waals surface area contributed by atoms with Gasteiger partial charge in [0.05, 0.1) is 17.8 Å². The third kappa shape index (κ3) is 3.01. The third-order valence-electron chi connectivity index (χ3n) is 4.59. The van der Waals surface area contributed by atoms with Gasteiger partial charge in [-0.05, 0) is 0 Å². The van der Waals surface area contributed by atoms with E-state index in [9.17, 15) is 4.79 Å². The van der Waals surface area contributed by atoms with Crippen molar-refractivity contribution in [3.05, 3.63) is 87.8 Å². The van der Waals surface area contributed by atoms with E-state index in [-0.39, 0.29) is 5.56 Å². The van der Waals surface area contributed by atoms with Crippen molar-refractivity contribution in [2.75, 3.05) is 6.54 Å². The van der Waals surface area contributed by atoms with Crippen LogP contribution in [0.1, 0.15) is 16.8 Å². The summed E-state index contributed by atoms with van der Waals surface area (Å²) in [6.07, 6.45) is 0.848. The molecule has 0 spiro atoms. The lowest BCUT2D eigenvalue weighted by atomic mass is 10.1. The maximum atomic E-state index is 12.5. The molecule has 1 aromatic heterocycles. The van der Waals surface area contributed by atoms with Gasteiger partial charge in [-0.15, -0.1) is 0 Å². The van der Waals surface area contributed by atoms with Crippen LogP contribution in [0.15, 0.2) is 65.5 Å². The van der Waals surface area contributed by atoms with Gasteiger partial charge in [-0.25, -0.2) is 4.98 Å². The Kier molecular flexibility index (Phi) is 3.97. The number of fused-ring (bicyclic) bond motifs is 1. The minimum atomic E-state index is 0.00381. The molecule has 0 saturated heterocycles. The zero-order chi connectivity index (χ0) is 16.4. The fourth-order valence-corrected chi connectivity index (χ4v) is 3.34. The van der Waals surface area contributed by atoms with E-state index >= 15 is 0 Å². The van der Waals surface area contributed by atoms with Gasteiger partial charge in [0.15, 0.2) is 0 Å². The van der Waals surface area contributed by atoms with E-state index in [4.69, 9.17) is 4.98 Å². The SMILES string of the molecule is O=c1[nH]c(-c2ccccc2)nc2c1C[NH+](Cc1ccccc1)CC2. The Bertz CT molecular complexity index is 888. The van der Waals surface area contributed by atoms with Gasteiger partial charge in [0.1, 0.15) is 18.9 Å². The van der Waals surface area contributed by atoms with Crippen LogP contribution in [-0.2, 0) is 19.5 Å². The topological polar surface area (TPSA) is 50.2 Å². The van der Waals surface area contributed by atoms with E-state index in [1.54, 1.807) is 0 Å². The zero-order valence-corrected chi connectivity index (χ0v) is 13.5. The van der Waals surface area contributed by atoms with E-state index in [0.717, 1.165) is 42.9 Å². The summed E-state index contributed by atoms with van der Waals surface area (Å²) in [6, 6.07) is 20.3. The first kappa shape index (κ1) is 14.8. The Morgan fingerprint density at radius 1 is 1.00 bits per heavy atom. The predicted molar refractivity (Wildman–Crippen MR) is 93.7 cm³/mol. The highest BCUT2D eigenvalue weighted by atomic mass is 16.1. The van der Waals surface area contributed by atoms with Crippen LogP contribution in [0, 0.1) is 0 Å². The second-order valence-corrected chi connectivity index (χ2v) is 6.29. The van der Waals surface area contributed by atoms with Gasteiger partial charge in [-0.2, -0.15) is 0 Å². The van der Waals surface area contributed by atoms with Crippen LogP contribution in [0.2, 0.25) is 0 Å². The lowest BCUT2D eigenvalue weighted by Gasteiger charge is -2.25. The quantitative estimate of drug-likeness (QED) is 0.770. The molecule has 0 fully saturated rings. The van der Waals surface area contributed by atoms with Crippen molar-refractivity contribution < 1.29 is 4.90 Å². The van der Waals surface area contributed by atoms with Crippen molar-refractivity contribution in [3.8, 4) is 11.4 Å². The first-order chi connectivity index (χ1) is 11.8. The van der Waals surface area contributed by atoms with Gasteiger partial charge >= 0.3 is 0 Å².